The fraction of sp³-hybridized carbons (Fsp3) is 0.438. The van der Waals surface area contributed by atoms with Gasteiger partial charge in [0, 0.05) is 5.56 Å². The summed E-state index contributed by atoms with van der Waals surface area (Å²) < 4.78 is 0. The van der Waals surface area contributed by atoms with Crippen molar-refractivity contribution in [1.29, 1.82) is 0 Å². The number of Topliss-reactive ketones (excluding diaryl/α,β-unsaturated/α-hetero) is 1. The first-order chi connectivity index (χ1) is 8.20. The van der Waals surface area contributed by atoms with E-state index >= 15 is 0 Å². The van der Waals surface area contributed by atoms with Crippen LogP contribution < -0.4 is 0 Å². The highest BCUT2D eigenvalue weighted by Gasteiger charge is 2.17. The minimum atomic E-state index is 0.229. The third-order valence-electron chi connectivity index (χ3n) is 3.56. The van der Waals surface area contributed by atoms with Gasteiger partial charge < -0.3 is 0 Å². The highest BCUT2D eigenvalue weighted by molar-refractivity contribution is 6.08. The lowest BCUT2D eigenvalue weighted by Gasteiger charge is -2.17. The van der Waals surface area contributed by atoms with Crippen molar-refractivity contribution in [3.05, 3.63) is 47.0 Å². The van der Waals surface area contributed by atoms with Gasteiger partial charge in [0.15, 0.2) is 5.78 Å². The summed E-state index contributed by atoms with van der Waals surface area (Å²) in [5.74, 6) is 0.959. The van der Waals surface area contributed by atoms with Gasteiger partial charge in [0.2, 0.25) is 0 Å². The topological polar surface area (TPSA) is 17.1 Å². The van der Waals surface area contributed by atoms with E-state index in [1.165, 1.54) is 5.56 Å². The molecule has 0 saturated carbocycles. The van der Waals surface area contributed by atoms with Crippen LogP contribution >= 0.6 is 0 Å². The molecule has 0 bridgehead atoms. The minimum absolute atomic E-state index is 0.229. The Morgan fingerprint density at radius 3 is 2.88 bits per heavy atom. The molecular weight excluding hydrogens is 208 g/mol. The van der Waals surface area contributed by atoms with E-state index in [1.807, 2.05) is 18.2 Å². The normalized spacial score (nSPS) is 19.9. The predicted molar refractivity (Wildman–Crippen MR) is 71.2 cm³/mol. The molecule has 1 aromatic rings. The molecule has 0 fully saturated rings. The van der Waals surface area contributed by atoms with Crippen molar-refractivity contribution in [2.24, 2.45) is 5.92 Å². The van der Waals surface area contributed by atoms with Crippen molar-refractivity contribution in [2.75, 3.05) is 0 Å². The summed E-state index contributed by atoms with van der Waals surface area (Å²) in [7, 11) is 0. The number of hydrogen-bond donors (Lipinski definition) is 0. The Morgan fingerprint density at radius 1 is 1.41 bits per heavy atom. The average Bonchev–Trinajstić information content (AvgIpc) is 2.39. The molecule has 0 saturated heterocycles. The lowest BCUT2D eigenvalue weighted by molar-refractivity contribution is 0.102. The van der Waals surface area contributed by atoms with Crippen molar-refractivity contribution >= 4 is 5.78 Å². The van der Waals surface area contributed by atoms with E-state index in [-0.39, 0.29) is 5.78 Å². The number of hydrogen-bond acceptors (Lipinski definition) is 1. The Balaban J connectivity index is 2.19. The second kappa shape index (κ2) is 5.31. The molecule has 0 heterocycles. The number of carbonyl (C=O) groups excluding carboxylic acids is 1. The molecule has 0 radical (unpaired) electrons. The highest BCUT2D eigenvalue weighted by atomic mass is 16.1. The molecule has 1 unspecified atom stereocenters. The second-order valence-electron chi connectivity index (χ2n) is 4.99. The SMILES string of the molecule is CCc1cccc(C(=O)C2=CCC(C)CC2)c1. The molecule has 90 valence electrons. The van der Waals surface area contributed by atoms with Crippen molar-refractivity contribution in [3.63, 3.8) is 0 Å². The van der Waals surface area contributed by atoms with E-state index in [0.717, 1.165) is 42.7 Å². The summed E-state index contributed by atoms with van der Waals surface area (Å²) in [4.78, 5) is 12.3. The van der Waals surface area contributed by atoms with Crippen molar-refractivity contribution in [3.8, 4) is 0 Å². The number of carbonyl (C=O) groups is 1. The summed E-state index contributed by atoms with van der Waals surface area (Å²) in [6, 6.07) is 8.02. The molecule has 0 aromatic heterocycles. The quantitative estimate of drug-likeness (QED) is 0.709. The maximum absolute atomic E-state index is 12.3. The number of rotatable bonds is 3. The van der Waals surface area contributed by atoms with Crippen molar-refractivity contribution in [2.45, 2.75) is 39.5 Å². The van der Waals surface area contributed by atoms with Crippen LogP contribution in [-0.4, -0.2) is 5.78 Å². The van der Waals surface area contributed by atoms with Crippen LogP contribution in [0, 0.1) is 5.92 Å². The second-order valence-corrected chi connectivity index (χ2v) is 4.99. The number of allylic oxidation sites excluding steroid dienone is 2. The molecule has 0 amide bonds. The van der Waals surface area contributed by atoms with Crippen molar-refractivity contribution in [1.82, 2.24) is 0 Å². The Labute approximate surface area is 104 Å². The van der Waals surface area contributed by atoms with Gasteiger partial charge in [0.05, 0.1) is 0 Å². The molecule has 0 spiro atoms. The van der Waals surface area contributed by atoms with Gasteiger partial charge >= 0.3 is 0 Å². The third-order valence-corrected chi connectivity index (χ3v) is 3.56. The molecule has 0 N–H and O–H groups in total. The molecule has 2 rings (SSSR count). The zero-order chi connectivity index (χ0) is 12.3. The van der Waals surface area contributed by atoms with Gasteiger partial charge in [-0.05, 0) is 48.8 Å². The maximum Gasteiger partial charge on any atom is 0.188 e. The third kappa shape index (κ3) is 2.85. The van der Waals surface area contributed by atoms with E-state index in [0.29, 0.717) is 0 Å². The first kappa shape index (κ1) is 12.1. The van der Waals surface area contributed by atoms with E-state index < -0.39 is 0 Å². The lowest BCUT2D eigenvalue weighted by Crippen LogP contribution is -2.10. The molecular formula is C16H20O. The van der Waals surface area contributed by atoms with Gasteiger partial charge in [-0.1, -0.05) is 38.1 Å². The smallest absolute Gasteiger partial charge is 0.188 e. The number of ketones is 1. The monoisotopic (exact) mass is 228 g/mol. The summed E-state index contributed by atoms with van der Waals surface area (Å²) in [6.45, 7) is 4.36. The molecule has 1 nitrogen and oxygen atoms in total. The van der Waals surface area contributed by atoms with Gasteiger partial charge in [-0.25, -0.2) is 0 Å². The standard InChI is InChI=1S/C16H20O/c1-3-13-5-4-6-15(11-13)16(17)14-9-7-12(2)8-10-14/h4-6,9,11-12H,3,7-8,10H2,1-2H3. The van der Waals surface area contributed by atoms with Crippen LogP contribution in [-0.2, 0) is 6.42 Å². The van der Waals surface area contributed by atoms with Gasteiger partial charge in [0.1, 0.15) is 0 Å². The van der Waals surface area contributed by atoms with Gasteiger partial charge in [0.25, 0.3) is 0 Å². The van der Waals surface area contributed by atoms with Crippen LogP contribution in [0.4, 0.5) is 0 Å². The van der Waals surface area contributed by atoms with Crippen LogP contribution in [0.2, 0.25) is 0 Å². The van der Waals surface area contributed by atoms with E-state index in [2.05, 4.69) is 26.0 Å². The fourth-order valence-electron chi connectivity index (χ4n) is 2.29. The first-order valence-corrected chi connectivity index (χ1v) is 6.53. The zero-order valence-corrected chi connectivity index (χ0v) is 10.7. The molecule has 17 heavy (non-hydrogen) atoms. The Hall–Kier alpha value is -1.37. The Morgan fingerprint density at radius 2 is 2.24 bits per heavy atom. The van der Waals surface area contributed by atoms with Gasteiger partial charge in [-0.15, -0.1) is 0 Å². The maximum atomic E-state index is 12.3. The molecule has 1 heteroatoms. The van der Waals surface area contributed by atoms with Crippen LogP contribution in [0.5, 0.6) is 0 Å². The summed E-state index contributed by atoms with van der Waals surface area (Å²) in [5, 5.41) is 0. The van der Waals surface area contributed by atoms with Crippen LogP contribution in [0.1, 0.15) is 49.0 Å². The van der Waals surface area contributed by atoms with Crippen LogP contribution in [0.15, 0.2) is 35.9 Å². The van der Waals surface area contributed by atoms with Gasteiger partial charge in [-0.2, -0.15) is 0 Å². The Bertz CT molecular complexity index is 443. The molecule has 1 aromatic carbocycles. The molecule has 1 atom stereocenters. The lowest BCUT2D eigenvalue weighted by atomic mass is 9.87. The zero-order valence-electron chi connectivity index (χ0n) is 10.7. The largest absolute Gasteiger partial charge is 0.289 e. The van der Waals surface area contributed by atoms with E-state index in [1.54, 1.807) is 0 Å². The number of benzene rings is 1. The van der Waals surface area contributed by atoms with Gasteiger partial charge in [-0.3, -0.25) is 4.79 Å². The Kier molecular flexibility index (Phi) is 3.78. The predicted octanol–water partition coefficient (Wildman–Crippen LogP) is 4.18. The fourth-order valence-corrected chi connectivity index (χ4v) is 2.29. The average molecular weight is 228 g/mol. The minimum Gasteiger partial charge on any atom is -0.289 e. The summed E-state index contributed by atoms with van der Waals surface area (Å²) >= 11 is 0. The first-order valence-electron chi connectivity index (χ1n) is 6.53. The molecule has 0 aliphatic heterocycles. The summed E-state index contributed by atoms with van der Waals surface area (Å²) in [6.07, 6.45) is 6.25. The highest BCUT2D eigenvalue weighted by Crippen LogP contribution is 2.25. The van der Waals surface area contributed by atoms with E-state index in [9.17, 15) is 4.79 Å². The number of aryl methyl sites for hydroxylation is 1. The molecule has 1 aliphatic rings. The summed E-state index contributed by atoms with van der Waals surface area (Å²) in [5.41, 5.74) is 3.10. The van der Waals surface area contributed by atoms with Crippen molar-refractivity contribution < 1.29 is 4.79 Å². The van der Waals surface area contributed by atoms with Crippen LogP contribution in [0.3, 0.4) is 0 Å². The van der Waals surface area contributed by atoms with E-state index in [4.69, 9.17) is 0 Å². The van der Waals surface area contributed by atoms with Crippen LogP contribution in [0.25, 0.3) is 0 Å². The molecule has 1 aliphatic carbocycles.